The van der Waals surface area contributed by atoms with Crippen LogP contribution < -0.4 is 14.4 Å². The fourth-order valence-corrected chi connectivity index (χ4v) is 6.84. The normalized spacial score (nSPS) is 12.6. The van der Waals surface area contributed by atoms with E-state index >= 15 is 0 Å². The Morgan fingerprint density at radius 2 is 1.55 bits per heavy atom. The Kier molecular flexibility index (Phi) is 12.1. The molecule has 47 heavy (non-hydrogen) atoms. The second kappa shape index (κ2) is 16.0. The molecule has 4 aromatic rings. The summed E-state index contributed by atoms with van der Waals surface area (Å²) in [4.78, 5) is 30.1. The zero-order chi connectivity index (χ0) is 34.1. The van der Waals surface area contributed by atoms with Gasteiger partial charge in [-0.15, -0.1) is 0 Å². The maximum absolute atomic E-state index is 14.6. The van der Waals surface area contributed by atoms with Crippen molar-refractivity contribution in [2.24, 2.45) is 0 Å². The van der Waals surface area contributed by atoms with Crippen LogP contribution >= 0.6 is 11.6 Å². The first-order valence-electron chi connectivity index (χ1n) is 15.5. The third-order valence-electron chi connectivity index (χ3n) is 8.02. The summed E-state index contributed by atoms with van der Waals surface area (Å²) in [6.07, 6.45) is 0.941. The molecule has 2 atom stereocenters. The molecule has 0 saturated carbocycles. The van der Waals surface area contributed by atoms with Crippen LogP contribution in [0.1, 0.15) is 42.5 Å². The highest BCUT2D eigenvalue weighted by Gasteiger charge is 2.35. The number of nitrogens with zero attached hydrogens (tertiary/aromatic N) is 2. The van der Waals surface area contributed by atoms with E-state index in [1.54, 1.807) is 24.3 Å². The Morgan fingerprint density at radius 3 is 2.17 bits per heavy atom. The molecule has 0 radical (unpaired) electrons. The number of hydrogen-bond acceptors (Lipinski definition) is 5. The Hall–Kier alpha value is -4.34. The number of ether oxygens (including phenoxy) is 1. The van der Waals surface area contributed by atoms with Crippen LogP contribution in [-0.2, 0) is 32.6 Å². The van der Waals surface area contributed by atoms with E-state index in [4.69, 9.17) is 16.3 Å². The molecule has 4 aromatic carbocycles. The topological polar surface area (TPSA) is 96.0 Å². The number of nitrogens with one attached hydrogen (secondary N) is 1. The van der Waals surface area contributed by atoms with E-state index < -0.39 is 28.5 Å². The quantitative estimate of drug-likeness (QED) is 0.160. The van der Waals surface area contributed by atoms with Crippen molar-refractivity contribution in [2.45, 2.75) is 64.1 Å². The molecule has 0 bridgehead atoms. The summed E-state index contributed by atoms with van der Waals surface area (Å²) in [5.41, 5.74) is 3.75. The summed E-state index contributed by atoms with van der Waals surface area (Å²) in [7, 11) is -2.79. The molecule has 0 aromatic heterocycles. The lowest BCUT2D eigenvalue weighted by molar-refractivity contribution is -0.140. The summed E-state index contributed by atoms with van der Waals surface area (Å²) in [6, 6.07) is 27.1. The van der Waals surface area contributed by atoms with Crippen LogP contribution in [0.25, 0.3) is 0 Å². The summed E-state index contributed by atoms with van der Waals surface area (Å²) in [6.45, 7) is 7.21. The van der Waals surface area contributed by atoms with Crippen molar-refractivity contribution in [3.63, 3.8) is 0 Å². The average Bonchev–Trinajstić information content (AvgIpc) is 3.05. The fourth-order valence-electron chi connectivity index (χ4n) is 5.18. The van der Waals surface area contributed by atoms with Gasteiger partial charge in [-0.1, -0.05) is 96.4 Å². The van der Waals surface area contributed by atoms with Crippen molar-refractivity contribution < 1.29 is 22.7 Å². The van der Waals surface area contributed by atoms with E-state index in [2.05, 4.69) is 5.32 Å². The number of benzene rings is 4. The maximum Gasteiger partial charge on any atom is 0.264 e. The van der Waals surface area contributed by atoms with Crippen molar-refractivity contribution in [1.29, 1.82) is 0 Å². The molecule has 0 heterocycles. The summed E-state index contributed by atoms with van der Waals surface area (Å²) < 4.78 is 34.8. The van der Waals surface area contributed by atoms with Gasteiger partial charge in [0.1, 0.15) is 18.3 Å². The number of carbonyl (C=O) groups is 2. The van der Waals surface area contributed by atoms with Crippen LogP contribution in [0.3, 0.4) is 0 Å². The highest BCUT2D eigenvalue weighted by atomic mass is 35.5. The van der Waals surface area contributed by atoms with Crippen molar-refractivity contribution in [1.82, 2.24) is 10.2 Å². The number of anilines is 1. The molecular formula is C37H42ClN3O5S. The van der Waals surface area contributed by atoms with E-state index in [0.29, 0.717) is 12.2 Å². The first-order chi connectivity index (χ1) is 22.4. The molecule has 1 N–H and O–H groups in total. The predicted octanol–water partition coefficient (Wildman–Crippen LogP) is 6.72. The lowest BCUT2D eigenvalue weighted by Gasteiger charge is -2.34. The number of rotatable bonds is 14. The molecule has 0 aliphatic carbocycles. The van der Waals surface area contributed by atoms with Crippen LogP contribution in [0, 0.1) is 13.8 Å². The Labute approximate surface area is 283 Å². The van der Waals surface area contributed by atoms with Gasteiger partial charge in [-0.25, -0.2) is 8.42 Å². The van der Waals surface area contributed by atoms with Crippen LogP contribution in [-0.4, -0.2) is 50.9 Å². The molecule has 0 saturated heterocycles. The number of methoxy groups -OCH3 is 1. The Bertz CT molecular complexity index is 1780. The molecule has 0 fully saturated rings. The lowest BCUT2D eigenvalue weighted by atomic mass is 10.0. The van der Waals surface area contributed by atoms with Crippen molar-refractivity contribution in [3.8, 4) is 5.75 Å². The molecule has 10 heteroatoms. The minimum Gasteiger partial charge on any atom is -0.495 e. The van der Waals surface area contributed by atoms with Gasteiger partial charge in [-0.05, 0) is 68.7 Å². The Morgan fingerprint density at radius 1 is 0.872 bits per heavy atom. The molecule has 0 aliphatic heterocycles. The Balaban J connectivity index is 1.83. The molecule has 2 amide bonds. The van der Waals surface area contributed by atoms with E-state index in [1.165, 1.54) is 30.2 Å². The van der Waals surface area contributed by atoms with Gasteiger partial charge in [-0.2, -0.15) is 0 Å². The molecule has 248 valence electrons. The minimum absolute atomic E-state index is 0.0171. The minimum atomic E-state index is -4.26. The summed E-state index contributed by atoms with van der Waals surface area (Å²) in [5.74, 6) is -0.501. The highest BCUT2D eigenvalue weighted by Crippen LogP contribution is 2.32. The largest absolute Gasteiger partial charge is 0.495 e. The molecule has 0 spiro atoms. The zero-order valence-corrected chi connectivity index (χ0v) is 29.0. The third kappa shape index (κ3) is 9.14. The van der Waals surface area contributed by atoms with E-state index in [0.717, 1.165) is 26.6 Å². The number of aryl methyl sites for hydroxylation is 2. The van der Waals surface area contributed by atoms with E-state index in [9.17, 15) is 18.0 Å². The van der Waals surface area contributed by atoms with Gasteiger partial charge in [0.05, 0.1) is 22.7 Å². The SMILES string of the molecule is CC[C@H](C)NC(=O)[C@H](Cc1ccccc1)N(Cc1cccc(C)c1)C(=O)CN(c1ccc(OC)c(Cl)c1)S(=O)(=O)c1ccc(C)cc1. The second-order valence-electron chi connectivity index (χ2n) is 11.7. The zero-order valence-electron chi connectivity index (χ0n) is 27.4. The van der Waals surface area contributed by atoms with Gasteiger partial charge in [0.25, 0.3) is 10.0 Å². The average molecular weight is 676 g/mol. The van der Waals surface area contributed by atoms with Crippen LogP contribution in [0.15, 0.2) is 102 Å². The maximum atomic E-state index is 14.6. The molecule has 8 nitrogen and oxygen atoms in total. The number of amides is 2. The predicted molar refractivity (Wildman–Crippen MR) is 187 cm³/mol. The number of halogens is 1. The van der Waals surface area contributed by atoms with Crippen LogP contribution in [0.4, 0.5) is 5.69 Å². The molecule has 0 unspecified atom stereocenters. The van der Waals surface area contributed by atoms with Crippen molar-refractivity contribution >= 4 is 39.1 Å². The smallest absolute Gasteiger partial charge is 0.264 e. The molecule has 4 rings (SSSR count). The second-order valence-corrected chi connectivity index (χ2v) is 13.9. The first kappa shape index (κ1) is 35.5. The van der Waals surface area contributed by atoms with Gasteiger partial charge in [0.2, 0.25) is 11.8 Å². The fraction of sp³-hybridized carbons (Fsp3) is 0.297. The van der Waals surface area contributed by atoms with Crippen molar-refractivity contribution in [2.75, 3.05) is 18.0 Å². The van der Waals surface area contributed by atoms with Crippen LogP contribution in [0.5, 0.6) is 5.75 Å². The van der Waals surface area contributed by atoms with E-state index in [-0.39, 0.29) is 40.5 Å². The number of sulfonamides is 1. The summed E-state index contributed by atoms with van der Waals surface area (Å²) >= 11 is 6.46. The molecule has 0 aliphatic rings. The third-order valence-corrected chi connectivity index (χ3v) is 10.1. The number of hydrogen-bond donors (Lipinski definition) is 1. The highest BCUT2D eigenvalue weighted by molar-refractivity contribution is 7.92. The first-order valence-corrected chi connectivity index (χ1v) is 17.4. The van der Waals surface area contributed by atoms with Gasteiger partial charge >= 0.3 is 0 Å². The monoisotopic (exact) mass is 675 g/mol. The van der Waals surface area contributed by atoms with E-state index in [1.807, 2.05) is 82.3 Å². The van der Waals surface area contributed by atoms with Crippen LogP contribution in [0.2, 0.25) is 5.02 Å². The lowest BCUT2D eigenvalue weighted by Crippen LogP contribution is -2.54. The van der Waals surface area contributed by atoms with Gasteiger partial charge in [-0.3, -0.25) is 13.9 Å². The van der Waals surface area contributed by atoms with Gasteiger partial charge in [0.15, 0.2) is 0 Å². The summed E-state index contributed by atoms with van der Waals surface area (Å²) in [5, 5.41) is 3.24. The molecular weight excluding hydrogens is 634 g/mol. The standard InChI is InChI=1S/C37H42ClN3O5S/c1-6-28(4)39-37(43)34(22-29-12-8-7-9-13-29)40(24-30-14-10-11-27(3)21-30)36(42)25-41(31-17-20-35(46-5)33(38)23-31)47(44,45)32-18-15-26(2)16-19-32/h7-21,23,28,34H,6,22,24-25H2,1-5H3,(H,39,43)/t28-,34-/m0/s1. The van der Waals surface area contributed by atoms with Gasteiger partial charge < -0.3 is 15.0 Å². The number of carbonyl (C=O) groups excluding carboxylic acids is 2. The van der Waals surface area contributed by atoms with Crippen molar-refractivity contribution in [3.05, 3.63) is 124 Å². The van der Waals surface area contributed by atoms with Gasteiger partial charge in [0, 0.05) is 19.0 Å².